The van der Waals surface area contributed by atoms with Crippen molar-refractivity contribution in [3.05, 3.63) is 48.5 Å². The monoisotopic (exact) mass is 314 g/mol. The van der Waals surface area contributed by atoms with E-state index in [0.29, 0.717) is 11.3 Å². The van der Waals surface area contributed by atoms with E-state index in [9.17, 15) is 9.59 Å². The summed E-state index contributed by atoms with van der Waals surface area (Å²) < 4.78 is 1.71. The molecule has 2 atom stereocenters. The number of para-hydroxylation sites is 1. The highest BCUT2D eigenvalue weighted by Gasteiger charge is 2.18. The van der Waals surface area contributed by atoms with Crippen LogP contribution in [0.1, 0.15) is 43.6 Å². The van der Waals surface area contributed by atoms with Gasteiger partial charge in [-0.05, 0) is 32.4 Å². The van der Waals surface area contributed by atoms with Crippen molar-refractivity contribution in [3.8, 4) is 0 Å². The van der Waals surface area contributed by atoms with Crippen molar-refractivity contribution in [2.45, 2.75) is 39.3 Å². The van der Waals surface area contributed by atoms with Gasteiger partial charge < -0.3 is 15.2 Å². The Balaban J connectivity index is 2.14. The van der Waals surface area contributed by atoms with Gasteiger partial charge in [-0.1, -0.05) is 19.1 Å². The Morgan fingerprint density at radius 3 is 2.65 bits per heavy atom. The van der Waals surface area contributed by atoms with Crippen LogP contribution in [0.2, 0.25) is 0 Å². The van der Waals surface area contributed by atoms with Gasteiger partial charge in [-0.15, -0.1) is 0 Å². The van der Waals surface area contributed by atoms with Crippen molar-refractivity contribution in [2.24, 2.45) is 0 Å². The number of imidazole rings is 1. The van der Waals surface area contributed by atoms with E-state index >= 15 is 0 Å². The van der Waals surface area contributed by atoms with Crippen molar-refractivity contribution >= 4 is 17.5 Å². The summed E-state index contributed by atoms with van der Waals surface area (Å²) in [6, 6.07) is 6.66. The maximum atomic E-state index is 12.4. The average Bonchev–Trinajstić information content (AvgIpc) is 3.08. The summed E-state index contributed by atoms with van der Waals surface area (Å²) in [6.45, 7) is 5.73. The smallest absolute Gasteiger partial charge is 0.253 e. The summed E-state index contributed by atoms with van der Waals surface area (Å²) >= 11 is 0. The van der Waals surface area contributed by atoms with Gasteiger partial charge in [0.25, 0.3) is 5.91 Å². The number of hydrogen-bond acceptors (Lipinski definition) is 3. The summed E-state index contributed by atoms with van der Waals surface area (Å²) in [5, 5.41) is 5.73. The Morgan fingerprint density at radius 1 is 1.26 bits per heavy atom. The zero-order valence-electron chi connectivity index (χ0n) is 13.6. The molecular formula is C17H22N4O2. The molecule has 0 aliphatic rings. The van der Waals surface area contributed by atoms with Crippen molar-refractivity contribution in [1.82, 2.24) is 14.9 Å². The standard InChI is InChI=1S/C17H22N4O2/c1-4-12(2)19-17(23)14-7-5-6-8-15(14)20-16(22)13(3)21-10-9-18-11-21/h5-13H,4H2,1-3H3,(H,19,23)(H,20,22). The number of nitrogens with zero attached hydrogens (tertiary/aromatic N) is 2. The summed E-state index contributed by atoms with van der Waals surface area (Å²) in [5.41, 5.74) is 0.962. The molecule has 1 aromatic heterocycles. The Kier molecular flexibility index (Phi) is 5.51. The number of anilines is 1. The minimum absolute atomic E-state index is 0.0797. The number of nitrogens with one attached hydrogen (secondary N) is 2. The van der Waals surface area contributed by atoms with Gasteiger partial charge in [0, 0.05) is 18.4 Å². The first-order chi connectivity index (χ1) is 11.0. The van der Waals surface area contributed by atoms with E-state index < -0.39 is 6.04 Å². The minimum atomic E-state index is -0.414. The van der Waals surface area contributed by atoms with Gasteiger partial charge in [0.2, 0.25) is 5.91 Å². The molecule has 2 aromatic rings. The van der Waals surface area contributed by atoms with Gasteiger partial charge in [-0.2, -0.15) is 0 Å². The van der Waals surface area contributed by atoms with E-state index in [4.69, 9.17) is 0 Å². The highest BCUT2D eigenvalue weighted by atomic mass is 16.2. The molecule has 0 fully saturated rings. The molecule has 6 heteroatoms. The molecule has 6 nitrogen and oxygen atoms in total. The Morgan fingerprint density at radius 2 is 2.00 bits per heavy atom. The molecule has 1 heterocycles. The SMILES string of the molecule is CCC(C)NC(=O)c1ccccc1NC(=O)C(C)n1ccnc1. The third-order valence-electron chi connectivity index (χ3n) is 3.77. The molecule has 1 aromatic carbocycles. The van der Waals surface area contributed by atoms with E-state index in [1.165, 1.54) is 0 Å². The van der Waals surface area contributed by atoms with Crippen molar-refractivity contribution in [1.29, 1.82) is 0 Å². The first-order valence-electron chi connectivity index (χ1n) is 7.71. The molecule has 0 bridgehead atoms. The van der Waals surface area contributed by atoms with Crippen molar-refractivity contribution in [2.75, 3.05) is 5.32 Å². The molecule has 0 radical (unpaired) electrons. The normalized spacial score (nSPS) is 13.2. The lowest BCUT2D eigenvalue weighted by molar-refractivity contribution is -0.118. The predicted octanol–water partition coefficient (Wildman–Crippen LogP) is 2.61. The Bertz CT molecular complexity index is 667. The second kappa shape index (κ2) is 7.58. The van der Waals surface area contributed by atoms with Crippen LogP contribution in [0.25, 0.3) is 0 Å². The molecule has 23 heavy (non-hydrogen) atoms. The first kappa shape index (κ1) is 16.7. The van der Waals surface area contributed by atoms with E-state index in [1.54, 1.807) is 54.5 Å². The maximum Gasteiger partial charge on any atom is 0.253 e. The molecule has 0 aliphatic carbocycles. The summed E-state index contributed by atoms with van der Waals surface area (Å²) in [7, 11) is 0. The molecule has 2 N–H and O–H groups in total. The lowest BCUT2D eigenvalue weighted by Gasteiger charge is -2.17. The second-order valence-corrected chi connectivity index (χ2v) is 5.50. The molecular weight excluding hydrogens is 292 g/mol. The topological polar surface area (TPSA) is 76.0 Å². The molecule has 0 spiro atoms. The second-order valence-electron chi connectivity index (χ2n) is 5.50. The zero-order valence-corrected chi connectivity index (χ0v) is 13.6. The number of hydrogen-bond donors (Lipinski definition) is 2. The van der Waals surface area contributed by atoms with Crippen LogP contribution in [-0.2, 0) is 4.79 Å². The number of benzene rings is 1. The number of carbonyl (C=O) groups is 2. The van der Waals surface area contributed by atoms with Crippen LogP contribution in [0.5, 0.6) is 0 Å². The van der Waals surface area contributed by atoms with Crippen LogP contribution in [0.4, 0.5) is 5.69 Å². The van der Waals surface area contributed by atoms with E-state index in [1.807, 2.05) is 13.8 Å². The van der Waals surface area contributed by atoms with Crippen LogP contribution in [0.15, 0.2) is 43.0 Å². The van der Waals surface area contributed by atoms with Gasteiger partial charge in [0.15, 0.2) is 0 Å². The summed E-state index contributed by atoms with van der Waals surface area (Å²) in [6.07, 6.45) is 5.78. The maximum absolute atomic E-state index is 12.4. The van der Waals surface area contributed by atoms with E-state index in [-0.39, 0.29) is 17.9 Å². The minimum Gasteiger partial charge on any atom is -0.350 e. The predicted molar refractivity (Wildman–Crippen MR) is 89.2 cm³/mol. The summed E-state index contributed by atoms with van der Waals surface area (Å²) in [5.74, 6) is -0.391. The lowest BCUT2D eigenvalue weighted by Crippen LogP contribution is -2.33. The highest BCUT2D eigenvalue weighted by molar-refractivity contribution is 6.04. The molecule has 0 saturated heterocycles. The first-order valence-corrected chi connectivity index (χ1v) is 7.71. The fourth-order valence-corrected chi connectivity index (χ4v) is 2.06. The lowest BCUT2D eigenvalue weighted by atomic mass is 10.1. The van der Waals surface area contributed by atoms with Crippen molar-refractivity contribution < 1.29 is 9.59 Å². The third kappa shape index (κ3) is 4.18. The van der Waals surface area contributed by atoms with Gasteiger partial charge in [-0.25, -0.2) is 4.98 Å². The molecule has 2 amide bonds. The van der Waals surface area contributed by atoms with Crippen LogP contribution in [0.3, 0.4) is 0 Å². The Hall–Kier alpha value is -2.63. The van der Waals surface area contributed by atoms with Crippen LogP contribution in [-0.4, -0.2) is 27.4 Å². The molecule has 2 unspecified atom stereocenters. The van der Waals surface area contributed by atoms with Gasteiger partial charge in [0.05, 0.1) is 17.6 Å². The van der Waals surface area contributed by atoms with Gasteiger partial charge in [0.1, 0.15) is 6.04 Å². The molecule has 2 rings (SSSR count). The molecule has 0 saturated carbocycles. The summed E-state index contributed by atoms with van der Waals surface area (Å²) in [4.78, 5) is 28.6. The number of amides is 2. The third-order valence-corrected chi connectivity index (χ3v) is 3.77. The number of carbonyl (C=O) groups excluding carboxylic acids is 2. The van der Waals surface area contributed by atoms with Crippen LogP contribution < -0.4 is 10.6 Å². The number of rotatable bonds is 6. The zero-order chi connectivity index (χ0) is 16.8. The quantitative estimate of drug-likeness (QED) is 0.860. The fraction of sp³-hybridized carbons (Fsp3) is 0.353. The molecule has 0 aliphatic heterocycles. The average molecular weight is 314 g/mol. The fourth-order valence-electron chi connectivity index (χ4n) is 2.06. The largest absolute Gasteiger partial charge is 0.350 e. The van der Waals surface area contributed by atoms with E-state index in [0.717, 1.165) is 6.42 Å². The number of aromatic nitrogens is 2. The van der Waals surface area contributed by atoms with E-state index in [2.05, 4.69) is 15.6 Å². The van der Waals surface area contributed by atoms with Gasteiger partial charge >= 0.3 is 0 Å². The van der Waals surface area contributed by atoms with Crippen LogP contribution >= 0.6 is 0 Å². The highest BCUT2D eigenvalue weighted by Crippen LogP contribution is 2.17. The van der Waals surface area contributed by atoms with Crippen LogP contribution in [0, 0.1) is 0 Å². The molecule has 122 valence electrons. The van der Waals surface area contributed by atoms with Gasteiger partial charge in [-0.3, -0.25) is 9.59 Å². The van der Waals surface area contributed by atoms with Crippen molar-refractivity contribution in [3.63, 3.8) is 0 Å². The Labute approximate surface area is 135 Å².